The van der Waals surface area contributed by atoms with Crippen LogP contribution in [0, 0.1) is 0 Å². The first-order valence-electron chi connectivity index (χ1n) is 29.5. The molecule has 0 spiro atoms. The van der Waals surface area contributed by atoms with Crippen molar-refractivity contribution >= 4 is 5.91 Å². The number of amides is 1. The SMILES string of the molecule is CCCCCCCCCCCCCC/C=C\CCCCCCCCC(O)C(=O)NC(CO)C(O)C(O)CCC/C=C/CC/C=C/CC/C=C/CCCCCCCCCCCCCCCCCC. The minimum absolute atomic E-state index is 0.351. The Hall–Kier alpha value is -1.73. The molecule has 0 saturated heterocycles. The average Bonchev–Trinajstić information content (AvgIpc) is 3.33. The van der Waals surface area contributed by atoms with Crippen molar-refractivity contribution in [2.24, 2.45) is 0 Å². The van der Waals surface area contributed by atoms with E-state index in [4.69, 9.17) is 0 Å². The van der Waals surface area contributed by atoms with Crippen molar-refractivity contribution in [1.29, 1.82) is 0 Å². The fraction of sp³-hybridized carbons (Fsp3) is 0.852. The predicted octanol–water partition coefficient (Wildman–Crippen LogP) is 17.4. The molecule has 0 fully saturated rings. The molecule has 0 radical (unpaired) electrons. The molecule has 0 aliphatic rings. The smallest absolute Gasteiger partial charge is 0.249 e. The summed E-state index contributed by atoms with van der Waals surface area (Å²) < 4.78 is 0. The van der Waals surface area contributed by atoms with Crippen LogP contribution in [0.2, 0.25) is 0 Å². The van der Waals surface area contributed by atoms with Gasteiger partial charge in [-0.25, -0.2) is 0 Å². The highest BCUT2D eigenvalue weighted by Crippen LogP contribution is 2.17. The number of hydrogen-bond donors (Lipinski definition) is 5. The van der Waals surface area contributed by atoms with E-state index in [9.17, 15) is 25.2 Å². The number of aliphatic hydroxyl groups is 4. The van der Waals surface area contributed by atoms with Crippen molar-refractivity contribution in [3.8, 4) is 0 Å². The van der Waals surface area contributed by atoms with Crippen LogP contribution in [0.4, 0.5) is 0 Å². The number of aliphatic hydroxyl groups excluding tert-OH is 4. The summed E-state index contributed by atoms with van der Waals surface area (Å²) in [5, 5.41) is 44.0. The summed E-state index contributed by atoms with van der Waals surface area (Å²) in [4.78, 5) is 12.6. The van der Waals surface area contributed by atoms with Gasteiger partial charge in [0.05, 0.1) is 18.8 Å². The molecule has 4 atom stereocenters. The van der Waals surface area contributed by atoms with E-state index >= 15 is 0 Å². The maximum Gasteiger partial charge on any atom is 0.249 e. The van der Waals surface area contributed by atoms with E-state index in [0.717, 1.165) is 64.2 Å². The fourth-order valence-corrected chi connectivity index (χ4v) is 9.08. The van der Waals surface area contributed by atoms with Gasteiger partial charge in [0.15, 0.2) is 0 Å². The molecule has 394 valence electrons. The van der Waals surface area contributed by atoms with Crippen LogP contribution in [0.5, 0.6) is 0 Å². The Labute approximate surface area is 417 Å². The average molecular weight is 943 g/mol. The third-order valence-electron chi connectivity index (χ3n) is 13.7. The molecule has 0 saturated carbocycles. The lowest BCUT2D eigenvalue weighted by Gasteiger charge is -2.27. The van der Waals surface area contributed by atoms with Crippen LogP contribution in [-0.2, 0) is 4.79 Å². The minimum atomic E-state index is -1.30. The van der Waals surface area contributed by atoms with Gasteiger partial charge in [0.1, 0.15) is 12.2 Å². The van der Waals surface area contributed by atoms with E-state index in [1.807, 2.05) is 0 Å². The second-order valence-corrected chi connectivity index (χ2v) is 20.3. The van der Waals surface area contributed by atoms with Crippen LogP contribution >= 0.6 is 0 Å². The van der Waals surface area contributed by atoms with Gasteiger partial charge < -0.3 is 25.7 Å². The van der Waals surface area contributed by atoms with E-state index < -0.39 is 36.9 Å². The number of nitrogens with one attached hydrogen (secondary N) is 1. The van der Waals surface area contributed by atoms with E-state index in [1.165, 1.54) is 205 Å². The molecule has 0 bridgehead atoms. The number of hydrogen-bond acceptors (Lipinski definition) is 5. The number of unbranched alkanes of at least 4 members (excludes halogenated alkanes) is 37. The number of carbonyl (C=O) groups is 1. The summed E-state index contributed by atoms with van der Waals surface area (Å²) in [5.74, 6) is -0.602. The van der Waals surface area contributed by atoms with Gasteiger partial charge in [-0.05, 0) is 89.9 Å². The molecule has 0 aromatic carbocycles. The Kier molecular flexibility index (Phi) is 53.8. The Morgan fingerprint density at radius 2 is 0.627 bits per heavy atom. The third-order valence-corrected chi connectivity index (χ3v) is 13.7. The zero-order valence-corrected chi connectivity index (χ0v) is 44.7. The highest BCUT2D eigenvalue weighted by Gasteiger charge is 2.28. The van der Waals surface area contributed by atoms with Crippen LogP contribution < -0.4 is 5.32 Å². The van der Waals surface area contributed by atoms with E-state index in [2.05, 4.69) is 67.8 Å². The molecule has 1 amide bonds. The van der Waals surface area contributed by atoms with Gasteiger partial charge in [0.25, 0.3) is 0 Å². The highest BCUT2D eigenvalue weighted by atomic mass is 16.3. The molecule has 0 heterocycles. The molecule has 0 aliphatic heterocycles. The van der Waals surface area contributed by atoms with Crippen molar-refractivity contribution in [2.45, 2.75) is 327 Å². The van der Waals surface area contributed by atoms with Crippen LogP contribution in [0.1, 0.15) is 303 Å². The van der Waals surface area contributed by atoms with E-state index in [0.29, 0.717) is 19.3 Å². The van der Waals surface area contributed by atoms with Gasteiger partial charge in [0, 0.05) is 0 Å². The summed E-state index contributed by atoms with van der Waals surface area (Å²) in [5.41, 5.74) is 0. The molecular formula is C61H115NO5. The van der Waals surface area contributed by atoms with Gasteiger partial charge in [-0.15, -0.1) is 0 Å². The lowest BCUT2D eigenvalue weighted by atomic mass is 10.00. The van der Waals surface area contributed by atoms with E-state index in [1.54, 1.807) is 0 Å². The third kappa shape index (κ3) is 49.1. The molecule has 4 unspecified atom stereocenters. The second kappa shape index (κ2) is 55.2. The van der Waals surface area contributed by atoms with Gasteiger partial charge in [-0.2, -0.15) is 0 Å². The van der Waals surface area contributed by atoms with Crippen molar-refractivity contribution < 1.29 is 25.2 Å². The van der Waals surface area contributed by atoms with Crippen molar-refractivity contribution in [2.75, 3.05) is 6.61 Å². The molecule has 6 heteroatoms. The summed E-state index contributed by atoms with van der Waals surface area (Å²) >= 11 is 0. The lowest BCUT2D eigenvalue weighted by Crippen LogP contribution is -2.53. The first-order chi connectivity index (χ1) is 33.0. The minimum Gasteiger partial charge on any atom is -0.394 e. The molecular weight excluding hydrogens is 827 g/mol. The maximum atomic E-state index is 12.6. The van der Waals surface area contributed by atoms with Gasteiger partial charge in [-0.3, -0.25) is 4.79 Å². The van der Waals surface area contributed by atoms with Crippen LogP contribution in [-0.4, -0.2) is 57.3 Å². The van der Waals surface area contributed by atoms with Gasteiger partial charge in [-0.1, -0.05) is 262 Å². The summed E-state index contributed by atoms with van der Waals surface area (Å²) in [6.07, 6.45) is 70.5. The van der Waals surface area contributed by atoms with Crippen molar-refractivity contribution in [1.82, 2.24) is 5.32 Å². The van der Waals surface area contributed by atoms with Crippen LogP contribution in [0.15, 0.2) is 48.6 Å². The highest BCUT2D eigenvalue weighted by molar-refractivity contribution is 5.80. The van der Waals surface area contributed by atoms with Crippen LogP contribution in [0.3, 0.4) is 0 Å². The number of carbonyl (C=O) groups excluding carboxylic acids is 1. The van der Waals surface area contributed by atoms with Crippen LogP contribution in [0.25, 0.3) is 0 Å². The zero-order valence-electron chi connectivity index (χ0n) is 44.7. The lowest BCUT2D eigenvalue weighted by molar-refractivity contribution is -0.132. The standard InChI is InChI=1S/C61H115NO5/c1-3-5-7-9-11-13-15-17-19-21-23-25-27-28-29-30-31-32-33-35-36-38-40-42-44-46-48-50-52-54-58(64)60(66)57(56-63)62-61(67)59(65)55-53-51-49-47-45-43-41-39-37-34-26-24-22-20-18-16-14-12-10-8-6-4-2/h32-33,37-40,46,48,57-60,63-66H,3-31,34-36,41-45,47,49-56H2,1-2H3,(H,62,67)/b33-32+,39-37-,40-38+,48-46+. The summed E-state index contributed by atoms with van der Waals surface area (Å²) in [7, 11) is 0. The maximum absolute atomic E-state index is 12.6. The number of allylic oxidation sites excluding steroid dienone is 8. The zero-order chi connectivity index (χ0) is 48.8. The molecule has 0 aromatic heterocycles. The molecule has 5 N–H and O–H groups in total. The van der Waals surface area contributed by atoms with E-state index in [-0.39, 0.29) is 0 Å². The van der Waals surface area contributed by atoms with Crippen molar-refractivity contribution in [3.05, 3.63) is 48.6 Å². The monoisotopic (exact) mass is 942 g/mol. The first kappa shape index (κ1) is 65.3. The largest absolute Gasteiger partial charge is 0.394 e. The second-order valence-electron chi connectivity index (χ2n) is 20.3. The number of rotatable bonds is 54. The van der Waals surface area contributed by atoms with Gasteiger partial charge in [0.2, 0.25) is 5.91 Å². The molecule has 6 nitrogen and oxygen atoms in total. The Morgan fingerprint density at radius 1 is 0.358 bits per heavy atom. The van der Waals surface area contributed by atoms with Crippen molar-refractivity contribution in [3.63, 3.8) is 0 Å². The molecule has 0 aromatic rings. The Bertz CT molecular complexity index is 1100. The molecule has 0 rings (SSSR count). The Morgan fingerprint density at radius 3 is 0.940 bits per heavy atom. The predicted molar refractivity (Wildman–Crippen MR) is 293 cm³/mol. The quantitative estimate of drug-likeness (QED) is 0.0308. The normalized spacial score (nSPS) is 14.1. The van der Waals surface area contributed by atoms with Gasteiger partial charge >= 0.3 is 0 Å². The summed E-state index contributed by atoms with van der Waals surface area (Å²) in [6.45, 7) is 4.07. The summed E-state index contributed by atoms with van der Waals surface area (Å²) in [6, 6.07) is -1.02. The first-order valence-corrected chi connectivity index (χ1v) is 29.5. The molecule has 0 aliphatic carbocycles. The topological polar surface area (TPSA) is 110 Å². The Balaban J connectivity index is 3.71. The fourth-order valence-electron chi connectivity index (χ4n) is 9.08. The molecule has 67 heavy (non-hydrogen) atoms.